The average Bonchev–Trinajstić information content (AvgIpc) is 2.28. The SMILES string of the molecule is CCCCN(CCBr)c1nc[nH]c(=O)c1I. The molecule has 0 bridgehead atoms. The fraction of sp³-hybridized carbons (Fsp3) is 0.600. The highest BCUT2D eigenvalue weighted by Crippen LogP contribution is 2.16. The van der Waals surface area contributed by atoms with Crippen molar-refractivity contribution in [3.63, 3.8) is 0 Å². The van der Waals surface area contributed by atoms with Gasteiger partial charge in [0.15, 0.2) is 0 Å². The minimum atomic E-state index is -0.0679. The van der Waals surface area contributed by atoms with E-state index in [2.05, 4.69) is 37.7 Å². The second-order valence-electron chi connectivity index (χ2n) is 3.40. The molecule has 0 atom stereocenters. The Morgan fingerprint density at radius 1 is 1.56 bits per heavy atom. The second kappa shape index (κ2) is 7.26. The van der Waals surface area contributed by atoms with Crippen LogP contribution >= 0.6 is 38.5 Å². The van der Waals surface area contributed by atoms with Crippen molar-refractivity contribution in [2.75, 3.05) is 23.3 Å². The summed E-state index contributed by atoms with van der Waals surface area (Å²) in [6, 6.07) is 0. The molecule has 0 aliphatic carbocycles. The van der Waals surface area contributed by atoms with Crippen molar-refractivity contribution in [3.8, 4) is 0 Å². The molecule has 1 heterocycles. The van der Waals surface area contributed by atoms with Crippen LogP contribution in [0.1, 0.15) is 19.8 Å². The van der Waals surface area contributed by atoms with Crippen LogP contribution in [0.2, 0.25) is 0 Å². The summed E-state index contributed by atoms with van der Waals surface area (Å²) >= 11 is 5.47. The highest BCUT2D eigenvalue weighted by Gasteiger charge is 2.12. The Bertz CT molecular complexity index is 383. The lowest BCUT2D eigenvalue weighted by atomic mass is 10.3. The Kier molecular flexibility index (Phi) is 6.33. The van der Waals surface area contributed by atoms with Gasteiger partial charge in [-0.05, 0) is 29.0 Å². The van der Waals surface area contributed by atoms with Gasteiger partial charge >= 0.3 is 0 Å². The fourth-order valence-electron chi connectivity index (χ4n) is 1.37. The van der Waals surface area contributed by atoms with Crippen molar-refractivity contribution in [2.24, 2.45) is 0 Å². The molecule has 0 radical (unpaired) electrons. The van der Waals surface area contributed by atoms with Gasteiger partial charge in [0.1, 0.15) is 9.39 Å². The molecular formula is C10H15BrIN3O. The first kappa shape index (κ1) is 14.0. The number of alkyl halides is 1. The van der Waals surface area contributed by atoms with E-state index < -0.39 is 0 Å². The number of hydrogen-bond donors (Lipinski definition) is 1. The van der Waals surface area contributed by atoms with Crippen molar-refractivity contribution in [1.82, 2.24) is 9.97 Å². The number of nitrogens with one attached hydrogen (secondary N) is 1. The molecule has 0 unspecified atom stereocenters. The maximum atomic E-state index is 11.5. The zero-order valence-corrected chi connectivity index (χ0v) is 12.9. The molecule has 0 fully saturated rings. The molecule has 0 spiro atoms. The highest BCUT2D eigenvalue weighted by molar-refractivity contribution is 14.1. The number of aromatic nitrogens is 2. The van der Waals surface area contributed by atoms with E-state index >= 15 is 0 Å². The van der Waals surface area contributed by atoms with Crippen LogP contribution in [-0.4, -0.2) is 28.4 Å². The van der Waals surface area contributed by atoms with E-state index in [4.69, 9.17) is 0 Å². The van der Waals surface area contributed by atoms with E-state index in [1.165, 1.54) is 6.33 Å². The molecule has 1 N–H and O–H groups in total. The van der Waals surface area contributed by atoms with Gasteiger partial charge in [0, 0.05) is 18.4 Å². The summed E-state index contributed by atoms with van der Waals surface area (Å²) in [5, 5.41) is 0.876. The largest absolute Gasteiger partial charge is 0.355 e. The number of nitrogens with zero attached hydrogens (tertiary/aromatic N) is 2. The molecule has 1 aromatic heterocycles. The first-order valence-electron chi connectivity index (χ1n) is 5.24. The second-order valence-corrected chi connectivity index (χ2v) is 5.27. The van der Waals surface area contributed by atoms with Crippen LogP contribution in [0.4, 0.5) is 5.82 Å². The Morgan fingerprint density at radius 2 is 2.31 bits per heavy atom. The summed E-state index contributed by atoms with van der Waals surface area (Å²) in [7, 11) is 0. The molecule has 6 heteroatoms. The minimum Gasteiger partial charge on any atom is -0.355 e. The van der Waals surface area contributed by atoms with Gasteiger partial charge in [0.2, 0.25) is 0 Å². The first-order valence-corrected chi connectivity index (χ1v) is 7.44. The van der Waals surface area contributed by atoms with E-state index in [-0.39, 0.29) is 5.56 Å². The predicted molar refractivity (Wildman–Crippen MR) is 78.5 cm³/mol. The maximum Gasteiger partial charge on any atom is 0.266 e. The number of anilines is 1. The first-order chi connectivity index (χ1) is 7.70. The molecule has 0 saturated heterocycles. The summed E-state index contributed by atoms with van der Waals surface area (Å²) in [5.74, 6) is 0.789. The zero-order valence-electron chi connectivity index (χ0n) is 9.17. The van der Waals surface area contributed by atoms with E-state index in [9.17, 15) is 4.79 Å². The Labute approximate surface area is 117 Å². The molecule has 1 aromatic rings. The number of rotatable bonds is 6. The fourth-order valence-corrected chi connectivity index (χ4v) is 2.43. The van der Waals surface area contributed by atoms with Gasteiger partial charge in [-0.3, -0.25) is 4.79 Å². The van der Waals surface area contributed by atoms with Gasteiger partial charge in [-0.25, -0.2) is 4.98 Å². The van der Waals surface area contributed by atoms with E-state index in [1.54, 1.807) is 0 Å². The summed E-state index contributed by atoms with van der Waals surface area (Å²) in [4.78, 5) is 20.5. The van der Waals surface area contributed by atoms with E-state index in [0.29, 0.717) is 3.57 Å². The number of aromatic amines is 1. The lowest BCUT2D eigenvalue weighted by Gasteiger charge is -2.23. The van der Waals surface area contributed by atoms with Crippen LogP contribution in [0.25, 0.3) is 0 Å². The number of hydrogen-bond acceptors (Lipinski definition) is 3. The highest BCUT2D eigenvalue weighted by atomic mass is 127. The third kappa shape index (κ3) is 3.73. The van der Waals surface area contributed by atoms with Gasteiger partial charge in [0.25, 0.3) is 5.56 Å². The van der Waals surface area contributed by atoms with Crippen LogP contribution < -0.4 is 10.5 Å². The molecule has 0 aliphatic heterocycles. The molecular weight excluding hydrogens is 385 g/mol. The van der Waals surface area contributed by atoms with Crippen LogP contribution in [0.15, 0.2) is 11.1 Å². The number of unbranched alkanes of at least 4 members (excludes halogenated alkanes) is 1. The van der Waals surface area contributed by atoms with Crippen molar-refractivity contribution >= 4 is 44.3 Å². The molecule has 4 nitrogen and oxygen atoms in total. The molecule has 0 saturated carbocycles. The normalized spacial score (nSPS) is 10.4. The molecule has 0 aliphatic rings. The Balaban J connectivity index is 2.91. The lowest BCUT2D eigenvalue weighted by Crippen LogP contribution is -2.30. The van der Waals surface area contributed by atoms with Crippen molar-refractivity contribution in [1.29, 1.82) is 0 Å². The van der Waals surface area contributed by atoms with Gasteiger partial charge in [-0.2, -0.15) is 0 Å². The summed E-state index contributed by atoms with van der Waals surface area (Å²) in [6.45, 7) is 3.96. The maximum absolute atomic E-state index is 11.5. The molecule has 0 amide bonds. The molecule has 90 valence electrons. The molecule has 0 aromatic carbocycles. The lowest BCUT2D eigenvalue weighted by molar-refractivity contribution is 0.723. The van der Waals surface area contributed by atoms with E-state index in [1.807, 2.05) is 22.6 Å². The van der Waals surface area contributed by atoms with Crippen molar-refractivity contribution < 1.29 is 0 Å². The molecule has 1 rings (SSSR count). The van der Waals surface area contributed by atoms with Crippen molar-refractivity contribution in [2.45, 2.75) is 19.8 Å². The topological polar surface area (TPSA) is 49.0 Å². The average molecular weight is 400 g/mol. The summed E-state index contributed by atoms with van der Waals surface area (Å²) < 4.78 is 0.664. The van der Waals surface area contributed by atoms with Gasteiger partial charge in [-0.1, -0.05) is 29.3 Å². The number of halogens is 2. The molecule has 16 heavy (non-hydrogen) atoms. The Morgan fingerprint density at radius 3 is 2.94 bits per heavy atom. The quantitative estimate of drug-likeness (QED) is 0.590. The van der Waals surface area contributed by atoms with Crippen molar-refractivity contribution in [3.05, 3.63) is 20.3 Å². The summed E-state index contributed by atoms with van der Waals surface area (Å²) in [6.07, 6.45) is 3.71. The Hall–Kier alpha value is -0.110. The third-order valence-electron chi connectivity index (χ3n) is 2.21. The zero-order chi connectivity index (χ0) is 12.0. The van der Waals surface area contributed by atoms with Gasteiger partial charge in [-0.15, -0.1) is 0 Å². The standard InChI is InChI=1S/C10H15BrIN3O/c1-2-3-5-15(6-4-11)9-8(12)10(16)14-7-13-9/h7H,2-6H2,1H3,(H,13,14,16). The van der Waals surface area contributed by atoms with Gasteiger partial charge < -0.3 is 9.88 Å². The number of H-pyrrole nitrogens is 1. The minimum absolute atomic E-state index is 0.0679. The predicted octanol–water partition coefficient (Wildman–Crippen LogP) is 2.38. The van der Waals surface area contributed by atoms with Gasteiger partial charge in [0.05, 0.1) is 6.33 Å². The smallest absolute Gasteiger partial charge is 0.266 e. The van der Waals surface area contributed by atoms with Crippen LogP contribution in [0.5, 0.6) is 0 Å². The van der Waals surface area contributed by atoms with Crippen LogP contribution in [-0.2, 0) is 0 Å². The third-order valence-corrected chi connectivity index (χ3v) is 3.54. The van der Waals surface area contributed by atoms with Crippen LogP contribution in [0, 0.1) is 3.57 Å². The van der Waals surface area contributed by atoms with E-state index in [0.717, 1.165) is 37.1 Å². The monoisotopic (exact) mass is 399 g/mol. The van der Waals surface area contributed by atoms with Crippen LogP contribution in [0.3, 0.4) is 0 Å². The summed E-state index contributed by atoms with van der Waals surface area (Å²) in [5.41, 5.74) is -0.0679.